The van der Waals surface area contributed by atoms with Gasteiger partial charge in [0.05, 0.1) is 13.1 Å². The third kappa shape index (κ3) is 5.09. The van der Waals surface area contributed by atoms with E-state index in [0.717, 1.165) is 25.5 Å². The van der Waals surface area contributed by atoms with Crippen molar-refractivity contribution in [3.63, 3.8) is 0 Å². The highest BCUT2D eigenvalue weighted by atomic mass is 127. The van der Waals surface area contributed by atoms with Crippen molar-refractivity contribution in [3.05, 3.63) is 29.3 Å². The Morgan fingerprint density at radius 1 is 1.41 bits per heavy atom. The van der Waals surface area contributed by atoms with Gasteiger partial charge in [-0.3, -0.25) is 0 Å². The molecular weight excluding hydrogens is 387 g/mol. The molecule has 1 aliphatic heterocycles. The van der Waals surface area contributed by atoms with Crippen molar-refractivity contribution >= 4 is 35.6 Å². The molecule has 0 saturated heterocycles. The van der Waals surface area contributed by atoms with Crippen LogP contribution in [-0.2, 0) is 13.0 Å². The lowest BCUT2D eigenvalue weighted by atomic mass is 10.00. The zero-order valence-electron chi connectivity index (χ0n) is 13.4. The van der Waals surface area contributed by atoms with E-state index in [4.69, 9.17) is 6.42 Å². The molecule has 0 aromatic heterocycles. The molecule has 0 radical (unpaired) electrons. The van der Waals surface area contributed by atoms with Crippen LogP contribution < -0.4 is 15.5 Å². The van der Waals surface area contributed by atoms with Crippen LogP contribution >= 0.6 is 24.0 Å². The molecule has 0 amide bonds. The van der Waals surface area contributed by atoms with Crippen molar-refractivity contribution in [3.8, 4) is 12.3 Å². The van der Waals surface area contributed by atoms with Crippen LogP contribution in [0.15, 0.2) is 23.2 Å². The summed E-state index contributed by atoms with van der Waals surface area (Å²) in [5, 5.41) is 6.30. The lowest BCUT2D eigenvalue weighted by molar-refractivity contribution is 0.742. The van der Waals surface area contributed by atoms with Crippen LogP contribution in [0.1, 0.15) is 24.5 Å². The summed E-state index contributed by atoms with van der Waals surface area (Å²) >= 11 is 0. The Hall–Kier alpha value is -1.42. The molecule has 4 nitrogen and oxygen atoms in total. The average Bonchev–Trinajstić information content (AvgIpc) is 2.50. The summed E-state index contributed by atoms with van der Waals surface area (Å²) in [6.07, 6.45) is 7.65. The average molecular weight is 412 g/mol. The fourth-order valence-electron chi connectivity index (χ4n) is 2.58. The molecule has 120 valence electrons. The van der Waals surface area contributed by atoms with Gasteiger partial charge >= 0.3 is 0 Å². The lowest BCUT2D eigenvalue weighted by Gasteiger charge is -2.27. The molecule has 22 heavy (non-hydrogen) atoms. The molecule has 0 bridgehead atoms. The second-order valence-electron chi connectivity index (χ2n) is 5.24. The maximum Gasteiger partial charge on any atom is 0.192 e. The minimum atomic E-state index is 0. The Kier molecular flexibility index (Phi) is 8.10. The Balaban J connectivity index is 0.00000242. The van der Waals surface area contributed by atoms with Crippen molar-refractivity contribution in [1.29, 1.82) is 0 Å². The Labute approximate surface area is 150 Å². The molecule has 2 rings (SSSR count). The molecule has 0 atom stereocenters. The van der Waals surface area contributed by atoms with Gasteiger partial charge in [-0.15, -0.1) is 30.4 Å². The van der Waals surface area contributed by atoms with Gasteiger partial charge in [0, 0.05) is 25.8 Å². The van der Waals surface area contributed by atoms with Gasteiger partial charge in [0.1, 0.15) is 0 Å². The number of nitrogens with one attached hydrogen (secondary N) is 2. The molecule has 0 unspecified atom stereocenters. The molecule has 5 heteroatoms. The molecule has 1 aromatic rings. The van der Waals surface area contributed by atoms with E-state index < -0.39 is 0 Å². The largest absolute Gasteiger partial charge is 0.374 e. The van der Waals surface area contributed by atoms with Crippen molar-refractivity contribution in [2.24, 2.45) is 4.99 Å². The van der Waals surface area contributed by atoms with E-state index in [1.54, 1.807) is 0 Å². The highest BCUT2D eigenvalue weighted by Crippen LogP contribution is 2.26. The smallest absolute Gasteiger partial charge is 0.192 e. The van der Waals surface area contributed by atoms with E-state index >= 15 is 0 Å². The summed E-state index contributed by atoms with van der Waals surface area (Å²) < 4.78 is 0. The van der Waals surface area contributed by atoms with Crippen LogP contribution in [0.4, 0.5) is 5.69 Å². The van der Waals surface area contributed by atoms with Gasteiger partial charge in [-0.1, -0.05) is 18.1 Å². The van der Waals surface area contributed by atoms with Gasteiger partial charge in [-0.05, 0) is 37.0 Å². The normalized spacial score (nSPS) is 13.7. The number of aliphatic imine (C=N–C) groups is 1. The molecule has 1 aromatic carbocycles. The second kappa shape index (κ2) is 9.57. The zero-order valence-corrected chi connectivity index (χ0v) is 15.7. The first-order valence-corrected chi connectivity index (χ1v) is 7.53. The number of fused-ring (bicyclic) bond motifs is 1. The number of nitrogens with zero attached hydrogens (tertiary/aromatic N) is 2. The number of halogens is 1. The number of benzene rings is 1. The lowest BCUT2D eigenvalue weighted by Crippen LogP contribution is -2.37. The van der Waals surface area contributed by atoms with Gasteiger partial charge in [-0.25, -0.2) is 4.99 Å². The number of hydrogen-bond acceptors (Lipinski definition) is 2. The van der Waals surface area contributed by atoms with Crippen molar-refractivity contribution in [1.82, 2.24) is 10.6 Å². The van der Waals surface area contributed by atoms with E-state index in [0.29, 0.717) is 13.1 Å². The fourth-order valence-corrected chi connectivity index (χ4v) is 2.58. The maximum absolute atomic E-state index is 5.27. The van der Waals surface area contributed by atoms with E-state index in [1.807, 2.05) is 6.92 Å². The first kappa shape index (κ1) is 18.6. The number of guanidine groups is 1. The van der Waals surface area contributed by atoms with Gasteiger partial charge in [-0.2, -0.15) is 0 Å². The molecule has 1 aliphatic rings. The molecule has 0 aliphatic carbocycles. The van der Waals surface area contributed by atoms with Gasteiger partial charge in [0.25, 0.3) is 0 Å². The molecule has 0 saturated carbocycles. The van der Waals surface area contributed by atoms with Gasteiger partial charge in [0.2, 0.25) is 0 Å². The number of terminal acetylenes is 1. The molecular formula is C17H25IN4. The van der Waals surface area contributed by atoms with Crippen LogP contribution in [0.2, 0.25) is 0 Å². The monoisotopic (exact) mass is 412 g/mol. The molecule has 2 N–H and O–H groups in total. The maximum atomic E-state index is 5.27. The Morgan fingerprint density at radius 3 is 2.95 bits per heavy atom. The number of anilines is 1. The summed E-state index contributed by atoms with van der Waals surface area (Å²) in [6, 6.07) is 6.65. The van der Waals surface area contributed by atoms with E-state index in [-0.39, 0.29) is 24.0 Å². The number of rotatable bonds is 4. The predicted molar refractivity (Wildman–Crippen MR) is 105 cm³/mol. The highest BCUT2D eigenvalue weighted by molar-refractivity contribution is 14.0. The van der Waals surface area contributed by atoms with Crippen LogP contribution in [0.5, 0.6) is 0 Å². The SMILES string of the molecule is C#CCNC(=NCc1ccc2c(c1)CCCN2C)NCC.I. The van der Waals surface area contributed by atoms with E-state index in [2.05, 4.69) is 51.7 Å². The summed E-state index contributed by atoms with van der Waals surface area (Å²) in [4.78, 5) is 6.90. The number of hydrogen-bond donors (Lipinski definition) is 2. The molecule has 1 heterocycles. The minimum Gasteiger partial charge on any atom is -0.374 e. The molecule has 0 spiro atoms. The topological polar surface area (TPSA) is 39.7 Å². The predicted octanol–water partition coefficient (Wildman–Crippen LogP) is 2.38. The van der Waals surface area contributed by atoms with E-state index in [9.17, 15) is 0 Å². The summed E-state index contributed by atoms with van der Waals surface area (Å²) in [5.74, 6) is 3.33. The third-order valence-corrected chi connectivity index (χ3v) is 3.62. The summed E-state index contributed by atoms with van der Waals surface area (Å²) in [6.45, 7) is 5.16. The van der Waals surface area contributed by atoms with Crippen molar-refractivity contribution in [2.75, 3.05) is 31.6 Å². The third-order valence-electron chi connectivity index (χ3n) is 3.62. The zero-order chi connectivity index (χ0) is 15.1. The van der Waals surface area contributed by atoms with Crippen molar-refractivity contribution < 1.29 is 0 Å². The van der Waals surface area contributed by atoms with E-state index in [1.165, 1.54) is 23.2 Å². The fraction of sp³-hybridized carbons (Fsp3) is 0.471. The van der Waals surface area contributed by atoms with Crippen molar-refractivity contribution in [2.45, 2.75) is 26.3 Å². The first-order chi connectivity index (χ1) is 10.2. The Bertz CT molecular complexity index is 548. The summed E-state index contributed by atoms with van der Waals surface area (Å²) in [5.41, 5.74) is 4.02. The molecule has 0 fully saturated rings. The summed E-state index contributed by atoms with van der Waals surface area (Å²) in [7, 11) is 2.16. The quantitative estimate of drug-likeness (QED) is 0.345. The minimum absolute atomic E-state index is 0. The van der Waals surface area contributed by atoms with Gasteiger partial charge < -0.3 is 15.5 Å². The van der Waals surface area contributed by atoms with Crippen LogP contribution in [0.25, 0.3) is 0 Å². The number of aryl methyl sites for hydroxylation is 1. The second-order valence-corrected chi connectivity index (χ2v) is 5.24. The van der Waals surface area contributed by atoms with Crippen LogP contribution in [0.3, 0.4) is 0 Å². The van der Waals surface area contributed by atoms with Gasteiger partial charge in [0.15, 0.2) is 5.96 Å². The Morgan fingerprint density at radius 2 is 2.23 bits per heavy atom. The highest BCUT2D eigenvalue weighted by Gasteiger charge is 2.13. The van der Waals surface area contributed by atoms with Crippen LogP contribution in [-0.4, -0.2) is 32.6 Å². The first-order valence-electron chi connectivity index (χ1n) is 7.53. The standard InChI is InChI=1S/C17H24N4.HI/c1-4-10-19-17(18-5-2)20-13-14-8-9-16-15(12-14)7-6-11-21(16)3;/h1,8-9,12H,5-7,10-11,13H2,2-3H3,(H2,18,19,20);1H. The van der Waals surface area contributed by atoms with Crippen LogP contribution in [0, 0.1) is 12.3 Å².